The van der Waals surface area contributed by atoms with Crippen molar-refractivity contribution in [2.45, 2.75) is 11.8 Å². The fraction of sp³-hybridized carbons (Fsp3) is 0.0833. The molecule has 0 aliphatic rings. The largest absolute Gasteiger partial charge is 0.307 e. The van der Waals surface area contributed by atoms with Crippen LogP contribution in [-0.4, -0.2) is 13.4 Å². The van der Waals surface area contributed by atoms with Crippen LogP contribution in [0.3, 0.4) is 0 Å². The summed E-state index contributed by atoms with van der Waals surface area (Å²) in [6.45, 7) is 1.87. The molecule has 0 aliphatic carbocycles. The number of sulfonamides is 1. The Morgan fingerprint density at radius 1 is 1.30 bits per heavy atom. The van der Waals surface area contributed by atoms with E-state index in [0.717, 1.165) is 10.0 Å². The number of nitrogens with one attached hydrogen (secondary N) is 2. The fourth-order valence-corrected chi connectivity index (χ4v) is 3.05. The van der Waals surface area contributed by atoms with Crippen molar-refractivity contribution in [3.8, 4) is 0 Å². The van der Waals surface area contributed by atoms with Crippen molar-refractivity contribution < 1.29 is 8.42 Å². The number of anilines is 2. The number of rotatable bonds is 4. The molecule has 0 aliphatic heterocycles. The first-order valence-electron chi connectivity index (χ1n) is 5.64. The molecule has 20 heavy (non-hydrogen) atoms. The summed E-state index contributed by atoms with van der Waals surface area (Å²) < 4.78 is 28.0. The van der Waals surface area contributed by atoms with E-state index >= 15 is 0 Å². The van der Waals surface area contributed by atoms with Crippen LogP contribution in [-0.2, 0) is 10.0 Å². The van der Waals surface area contributed by atoms with Gasteiger partial charge in [-0.05, 0) is 42.8 Å². The van der Waals surface area contributed by atoms with Crippen LogP contribution in [0.2, 0.25) is 0 Å². The third-order valence-corrected chi connectivity index (χ3v) is 4.91. The first kappa shape index (κ1) is 14.8. The molecule has 0 saturated carbocycles. The second kappa shape index (κ2) is 5.78. The van der Waals surface area contributed by atoms with Gasteiger partial charge in [-0.2, -0.15) is 0 Å². The molecule has 1 heterocycles. The number of aromatic nitrogens is 1. The van der Waals surface area contributed by atoms with Crippen molar-refractivity contribution >= 4 is 37.5 Å². The Kier molecular flexibility index (Phi) is 4.26. The Morgan fingerprint density at radius 3 is 2.70 bits per heavy atom. The molecule has 0 atom stereocenters. The Hall–Kier alpha value is -1.64. The Balaban J connectivity index is 2.38. The zero-order valence-corrected chi connectivity index (χ0v) is 13.0. The average Bonchev–Trinajstić information content (AvgIpc) is 2.42. The van der Waals surface area contributed by atoms with Crippen molar-refractivity contribution in [2.24, 2.45) is 5.84 Å². The topological polar surface area (TPSA) is 97.1 Å². The lowest BCUT2D eigenvalue weighted by Crippen LogP contribution is -2.18. The SMILES string of the molecule is Cc1cc(NS(=O)(=O)c2cccnc2NN)ccc1Br. The quantitative estimate of drug-likeness (QED) is 0.576. The summed E-state index contributed by atoms with van der Waals surface area (Å²) in [7, 11) is -3.76. The zero-order valence-electron chi connectivity index (χ0n) is 10.6. The standard InChI is InChI=1S/C12H13BrN4O2S/c1-8-7-9(4-5-10(8)13)17-20(18,19)11-3-2-6-15-12(11)16-14/h2-7,17H,14H2,1H3,(H,15,16). The smallest absolute Gasteiger partial charge is 0.265 e. The molecule has 6 nitrogen and oxygen atoms in total. The number of halogens is 1. The monoisotopic (exact) mass is 356 g/mol. The normalized spacial score (nSPS) is 11.2. The van der Waals surface area contributed by atoms with Gasteiger partial charge in [0.05, 0.1) is 0 Å². The van der Waals surface area contributed by atoms with E-state index in [0.29, 0.717) is 5.69 Å². The molecule has 8 heteroatoms. The summed E-state index contributed by atoms with van der Waals surface area (Å²) in [4.78, 5) is 3.86. The van der Waals surface area contributed by atoms with Gasteiger partial charge in [0.2, 0.25) is 0 Å². The highest BCUT2D eigenvalue weighted by molar-refractivity contribution is 9.10. The van der Waals surface area contributed by atoms with Crippen LogP contribution in [0.4, 0.5) is 11.5 Å². The van der Waals surface area contributed by atoms with E-state index in [-0.39, 0.29) is 10.7 Å². The first-order valence-corrected chi connectivity index (χ1v) is 7.92. The number of pyridine rings is 1. The van der Waals surface area contributed by atoms with Gasteiger partial charge in [-0.3, -0.25) is 4.72 Å². The van der Waals surface area contributed by atoms with Gasteiger partial charge in [0.1, 0.15) is 4.90 Å². The molecule has 106 valence electrons. The van der Waals surface area contributed by atoms with Crippen molar-refractivity contribution in [3.05, 3.63) is 46.6 Å². The van der Waals surface area contributed by atoms with Gasteiger partial charge in [-0.15, -0.1) is 0 Å². The molecule has 0 bridgehead atoms. The summed E-state index contributed by atoms with van der Waals surface area (Å²) in [5, 5.41) is 0. The number of aryl methyl sites for hydroxylation is 1. The van der Waals surface area contributed by atoms with Gasteiger partial charge < -0.3 is 5.43 Å². The highest BCUT2D eigenvalue weighted by Crippen LogP contribution is 2.24. The molecule has 0 fully saturated rings. The molecule has 0 radical (unpaired) electrons. The Morgan fingerprint density at radius 2 is 2.05 bits per heavy atom. The van der Waals surface area contributed by atoms with Crippen molar-refractivity contribution in [1.29, 1.82) is 0 Å². The highest BCUT2D eigenvalue weighted by Gasteiger charge is 2.19. The molecule has 0 unspecified atom stereocenters. The number of hydrogen-bond acceptors (Lipinski definition) is 5. The second-order valence-corrected chi connectivity index (χ2v) is 6.57. The third-order valence-electron chi connectivity index (χ3n) is 2.61. The Labute approximate surface area is 125 Å². The second-order valence-electron chi connectivity index (χ2n) is 4.06. The molecule has 0 saturated heterocycles. The van der Waals surface area contributed by atoms with Gasteiger partial charge in [0.25, 0.3) is 10.0 Å². The zero-order chi connectivity index (χ0) is 14.8. The first-order chi connectivity index (χ1) is 9.44. The van der Waals surface area contributed by atoms with Gasteiger partial charge in [0.15, 0.2) is 5.82 Å². The van der Waals surface area contributed by atoms with Crippen LogP contribution < -0.4 is 16.0 Å². The van der Waals surface area contributed by atoms with Crippen LogP contribution in [0.1, 0.15) is 5.56 Å². The lowest BCUT2D eigenvalue weighted by Gasteiger charge is -2.11. The van der Waals surface area contributed by atoms with Gasteiger partial charge in [0, 0.05) is 16.4 Å². The lowest BCUT2D eigenvalue weighted by atomic mass is 10.2. The minimum absolute atomic E-state index is 0.0110. The highest BCUT2D eigenvalue weighted by atomic mass is 79.9. The van der Waals surface area contributed by atoms with E-state index < -0.39 is 10.0 Å². The van der Waals surface area contributed by atoms with Crippen LogP contribution in [0.15, 0.2) is 45.9 Å². The molecule has 1 aromatic carbocycles. The number of hydrazine groups is 1. The number of nitrogens with two attached hydrogens (primary N) is 1. The molecular weight excluding hydrogens is 344 g/mol. The molecule has 2 aromatic rings. The minimum Gasteiger partial charge on any atom is -0.307 e. The van der Waals surface area contributed by atoms with Crippen LogP contribution in [0.5, 0.6) is 0 Å². The molecule has 2 rings (SSSR count). The minimum atomic E-state index is -3.76. The number of nitrogen functional groups attached to an aromatic ring is 1. The van der Waals surface area contributed by atoms with E-state index in [9.17, 15) is 8.42 Å². The lowest BCUT2D eigenvalue weighted by molar-refractivity contribution is 0.601. The summed E-state index contributed by atoms with van der Waals surface area (Å²) in [6.07, 6.45) is 1.46. The summed E-state index contributed by atoms with van der Waals surface area (Å²) in [5.41, 5.74) is 3.66. The summed E-state index contributed by atoms with van der Waals surface area (Å²) >= 11 is 3.36. The number of benzene rings is 1. The predicted octanol–water partition coefficient (Wildman–Crippen LogP) is 2.24. The van der Waals surface area contributed by atoms with Gasteiger partial charge >= 0.3 is 0 Å². The summed E-state index contributed by atoms with van der Waals surface area (Å²) in [6, 6.07) is 8.13. The third kappa shape index (κ3) is 3.09. The van der Waals surface area contributed by atoms with Gasteiger partial charge in [-0.1, -0.05) is 15.9 Å². The molecule has 0 amide bonds. The van der Waals surface area contributed by atoms with Crippen LogP contribution >= 0.6 is 15.9 Å². The van der Waals surface area contributed by atoms with E-state index in [1.54, 1.807) is 18.2 Å². The maximum Gasteiger partial charge on any atom is 0.265 e. The maximum atomic E-state index is 12.3. The summed E-state index contributed by atoms with van der Waals surface area (Å²) in [5.74, 6) is 5.37. The number of nitrogens with zero attached hydrogens (tertiary/aromatic N) is 1. The van der Waals surface area contributed by atoms with Gasteiger partial charge in [-0.25, -0.2) is 19.2 Å². The predicted molar refractivity (Wildman–Crippen MR) is 81.7 cm³/mol. The van der Waals surface area contributed by atoms with Crippen molar-refractivity contribution in [2.75, 3.05) is 10.1 Å². The van der Waals surface area contributed by atoms with Crippen LogP contribution in [0, 0.1) is 6.92 Å². The molecule has 4 N–H and O–H groups in total. The molecule has 0 spiro atoms. The average molecular weight is 357 g/mol. The fourth-order valence-electron chi connectivity index (χ4n) is 1.63. The van der Waals surface area contributed by atoms with Crippen LogP contribution in [0.25, 0.3) is 0 Å². The van der Waals surface area contributed by atoms with Crippen molar-refractivity contribution in [3.63, 3.8) is 0 Å². The van der Waals surface area contributed by atoms with E-state index in [1.807, 2.05) is 6.92 Å². The Bertz CT molecular complexity index is 734. The molecular formula is C12H13BrN4O2S. The van der Waals surface area contributed by atoms with E-state index in [1.165, 1.54) is 18.3 Å². The maximum absolute atomic E-state index is 12.3. The van der Waals surface area contributed by atoms with E-state index in [4.69, 9.17) is 5.84 Å². The molecule has 1 aromatic heterocycles. The number of hydrogen-bond donors (Lipinski definition) is 3. The van der Waals surface area contributed by atoms with Crippen molar-refractivity contribution in [1.82, 2.24) is 4.98 Å². The van der Waals surface area contributed by atoms with E-state index in [2.05, 4.69) is 31.1 Å².